The van der Waals surface area contributed by atoms with Crippen LogP contribution in [0.2, 0.25) is 0 Å². The van der Waals surface area contributed by atoms with E-state index in [1.807, 2.05) is 33.3 Å². The molecule has 3 atom stereocenters. The summed E-state index contributed by atoms with van der Waals surface area (Å²) in [5.41, 5.74) is 0. The smallest absolute Gasteiger partial charge is 0.456 e. The molecule has 0 saturated carbocycles. The van der Waals surface area contributed by atoms with Gasteiger partial charge in [0.2, 0.25) is 5.91 Å². The molecular formula is C77H132N2O7P+. The average molecular weight is 1230 g/mol. The zero-order chi connectivity index (χ0) is 63.5. The van der Waals surface area contributed by atoms with Gasteiger partial charge in [0.25, 0.3) is 0 Å². The first-order chi connectivity index (χ1) is 42.4. The van der Waals surface area contributed by atoms with E-state index in [4.69, 9.17) is 13.8 Å². The van der Waals surface area contributed by atoms with Gasteiger partial charge in [-0.25, -0.2) is 4.57 Å². The number of quaternary nitrogens is 1. The van der Waals surface area contributed by atoms with E-state index in [1.54, 1.807) is 0 Å². The lowest BCUT2D eigenvalue weighted by Gasteiger charge is -2.27. The number of unbranched alkanes of at least 4 members (excludes halogenated alkanes) is 24. The van der Waals surface area contributed by atoms with Crippen LogP contribution in [0.25, 0.3) is 0 Å². The minimum atomic E-state index is -4.48. The molecule has 10 heteroatoms. The molecule has 0 aromatic carbocycles. The maximum atomic E-state index is 13.6. The number of hydrogen-bond acceptors (Lipinski definition) is 6. The lowest BCUT2D eigenvalue weighted by molar-refractivity contribution is -0.870. The van der Waals surface area contributed by atoms with Gasteiger partial charge in [-0.1, -0.05) is 283 Å². The van der Waals surface area contributed by atoms with Crippen molar-refractivity contribution in [1.29, 1.82) is 0 Å². The summed E-state index contributed by atoms with van der Waals surface area (Å²) in [6.07, 6.45) is 94.3. The highest BCUT2D eigenvalue weighted by atomic mass is 31.2. The largest absolute Gasteiger partial charge is 0.472 e. The van der Waals surface area contributed by atoms with Gasteiger partial charge in [-0.2, -0.15) is 0 Å². The number of amides is 1. The van der Waals surface area contributed by atoms with Gasteiger partial charge in [-0.15, -0.1) is 0 Å². The van der Waals surface area contributed by atoms with Crippen molar-refractivity contribution in [3.05, 3.63) is 146 Å². The molecule has 0 saturated heterocycles. The van der Waals surface area contributed by atoms with Crippen LogP contribution in [0.4, 0.5) is 0 Å². The van der Waals surface area contributed by atoms with E-state index in [0.29, 0.717) is 17.4 Å². The highest BCUT2D eigenvalue weighted by Gasteiger charge is 2.30. The van der Waals surface area contributed by atoms with Crippen molar-refractivity contribution >= 4 is 19.7 Å². The van der Waals surface area contributed by atoms with Gasteiger partial charge in [0.05, 0.1) is 33.8 Å². The number of likely N-dealkylation sites (N-methyl/N-ethyl adjacent to an activating group) is 1. The van der Waals surface area contributed by atoms with Crippen molar-refractivity contribution in [3.8, 4) is 0 Å². The van der Waals surface area contributed by atoms with Crippen LogP contribution in [0.15, 0.2) is 146 Å². The molecule has 0 spiro atoms. The summed E-state index contributed by atoms with van der Waals surface area (Å²) in [4.78, 5) is 37.9. The third kappa shape index (κ3) is 66.1. The Labute approximate surface area is 536 Å². The predicted octanol–water partition coefficient (Wildman–Crippen LogP) is 22.6. The lowest BCUT2D eigenvalue weighted by atomic mass is 10.0. The maximum absolute atomic E-state index is 13.6. The van der Waals surface area contributed by atoms with Crippen molar-refractivity contribution < 1.29 is 37.3 Å². The number of nitrogens with one attached hydrogen (secondary N) is 1. The summed E-state index contributed by atoms with van der Waals surface area (Å²) in [6, 6.07) is -0.884. The topological polar surface area (TPSA) is 111 Å². The Balaban J connectivity index is 5.20. The fraction of sp³-hybridized carbons (Fsp3) is 0.662. The van der Waals surface area contributed by atoms with Crippen molar-refractivity contribution in [2.24, 2.45) is 0 Å². The second kappa shape index (κ2) is 64.9. The number of esters is 1. The number of phosphoric acid groups is 1. The maximum Gasteiger partial charge on any atom is 0.472 e. The molecule has 496 valence electrons. The molecule has 0 rings (SSSR count). The van der Waals surface area contributed by atoms with E-state index in [1.165, 1.54) is 103 Å². The second-order valence-electron chi connectivity index (χ2n) is 24.3. The first kappa shape index (κ1) is 82.9. The summed E-state index contributed by atoms with van der Waals surface area (Å²) in [5.74, 6) is -0.565. The van der Waals surface area contributed by atoms with Crippen LogP contribution in [-0.4, -0.2) is 74.3 Å². The van der Waals surface area contributed by atoms with Crippen molar-refractivity contribution in [3.63, 3.8) is 0 Å². The van der Waals surface area contributed by atoms with Gasteiger partial charge >= 0.3 is 13.8 Å². The fourth-order valence-corrected chi connectivity index (χ4v) is 10.2. The van der Waals surface area contributed by atoms with Crippen molar-refractivity contribution in [2.75, 3.05) is 40.9 Å². The molecule has 0 bridgehead atoms. The number of allylic oxidation sites excluding steroid dienone is 23. The molecule has 0 radical (unpaired) electrons. The van der Waals surface area contributed by atoms with Crippen LogP contribution >= 0.6 is 7.82 Å². The Hall–Kier alpha value is -4.11. The molecular weight excluding hydrogens is 1100 g/mol. The zero-order valence-corrected chi connectivity index (χ0v) is 57.6. The number of rotatable bonds is 62. The Morgan fingerprint density at radius 2 is 0.736 bits per heavy atom. The Morgan fingerprint density at radius 1 is 0.414 bits per heavy atom. The number of nitrogens with zero attached hydrogens (tertiary/aromatic N) is 1. The Morgan fingerprint density at radius 3 is 1.11 bits per heavy atom. The van der Waals surface area contributed by atoms with Crippen LogP contribution in [0.5, 0.6) is 0 Å². The minimum Gasteiger partial charge on any atom is -0.456 e. The van der Waals surface area contributed by atoms with E-state index in [2.05, 4.69) is 160 Å². The van der Waals surface area contributed by atoms with Gasteiger partial charge in [-0.05, 0) is 128 Å². The molecule has 0 aromatic rings. The molecule has 3 unspecified atom stereocenters. The summed E-state index contributed by atoms with van der Waals surface area (Å²) < 4.78 is 30.8. The first-order valence-electron chi connectivity index (χ1n) is 35.2. The van der Waals surface area contributed by atoms with E-state index in [-0.39, 0.29) is 37.9 Å². The summed E-state index contributed by atoms with van der Waals surface area (Å²) in [7, 11) is 1.45. The van der Waals surface area contributed by atoms with Gasteiger partial charge in [-0.3, -0.25) is 18.6 Å². The number of phosphoric ester groups is 1. The molecule has 2 N–H and O–H groups in total. The monoisotopic (exact) mass is 1230 g/mol. The Bertz CT molecular complexity index is 2000. The number of carbonyl (C=O) groups excluding carboxylic acids is 2. The Kier molecular flexibility index (Phi) is 61.8. The molecule has 0 aliphatic rings. The molecule has 0 fully saturated rings. The van der Waals surface area contributed by atoms with E-state index in [9.17, 15) is 19.0 Å². The van der Waals surface area contributed by atoms with Crippen molar-refractivity contribution in [1.82, 2.24) is 5.32 Å². The van der Waals surface area contributed by atoms with Crippen LogP contribution < -0.4 is 5.32 Å². The van der Waals surface area contributed by atoms with Crippen LogP contribution in [0.1, 0.15) is 278 Å². The van der Waals surface area contributed by atoms with Gasteiger partial charge in [0, 0.05) is 12.8 Å². The van der Waals surface area contributed by atoms with E-state index >= 15 is 0 Å². The highest BCUT2D eigenvalue weighted by molar-refractivity contribution is 7.47. The SMILES string of the molecule is CC/C=C\C/C=C\C/C=C\C/C=C\C/C=C\C/C=C\CCCCC(=O)NC(COP(=O)(O)OCC[N+](C)(C)C)C(/C=C\CCCCCCCCCCCCC)OC(=O)CCCCCCCCCCCCC/C=C\C/C=C\C/C=C\C/C=C\C/C=C\CC. The number of carbonyl (C=O) groups is 2. The second-order valence-corrected chi connectivity index (χ2v) is 25.7. The summed E-state index contributed by atoms with van der Waals surface area (Å²) >= 11 is 0. The molecule has 9 nitrogen and oxygen atoms in total. The van der Waals surface area contributed by atoms with E-state index < -0.39 is 20.0 Å². The molecule has 0 aromatic heterocycles. The minimum absolute atomic E-state index is 0.0236. The van der Waals surface area contributed by atoms with Crippen LogP contribution in [0.3, 0.4) is 0 Å². The van der Waals surface area contributed by atoms with Crippen molar-refractivity contribution in [2.45, 2.75) is 290 Å². The quantitative estimate of drug-likeness (QED) is 0.0205. The average Bonchev–Trinajstić information content (AvgIpc) is 3.69. The van der Waals surface area contributed by atoms with Crippen LogP contribution in [-0.2, 0) is 27.9 Å². The zero-order valence-electron chi connectivity index (χ0n) is 56.7. The molecule has 0 aliphatic heterocycles. The summed E-state index contributed by atoms with van der Waals surface area (Å²) in [6.45, 7) is 6.75. The van der Waals surface area contributed by atoms with Crippen LogP contribution in [0, 0.1) is 0 Å². The van der Waals surface area contributed by atoms with E-state index in [0.717, 1.165) is 135 Å². The number of hydrogen-bond donors (Lipinski definition) is 2. The van der Waals surface area contributed by atoms with Gasteiger partial charge < -0.3 is 19.4 Å². The highest BCUT2D eigenvalue weighted by Crippen LogP contribution is 2.43. The third-order valence-corrected chi connectivity index (χ3v) is 15.8. The molecule has 1 amide bonds. The number of ether oxygens (including phenoxy) is 1. The van der Waals surface area contributed by atoms with Gasteiger partial charge in [0.1, 0.15) is 19.3 Å². The first-order valence-corrected chi connectivity index (χ1v) is 36.7. The third-order valence-electron chi connectivity index (χ3n) is 14.8. The fourth-order valence-electron chi connectivity index (χ4n) is 9.44. The predicted molar refractivity (Wildman–Crippen MR) is 378 cm³/mol. The summed E-state index contributed by atoms with van der Waals surface area (Å²) in [5, 5.41) is 3.04. The molecule has 87 heavy (non-hydrogen) atoms. The molecule has 0 aliphatic carbocycles. The standard InChI is InChI=1S/C77H131N2O7P/c1-7-10-13-16-19-22-25-28-30-32-34-36-37-38-39-40-41-43-45-47-49-52-55-58-61-64-67-70-77(81)86-75(68-65-62-59-56-53-50-27-24-21-18-15-12-9-3)74(73-85-87(82,83)84-72-71-79(4,5)6)78-76(80)69-66-63-60-57-54-51-48-46-44-42-35-33-31-29-26-23-20-17-14-11-8-2/h10-11,13-14,19-20,22-23,28-31,34-36,38-39,42,46,48,54,57,65,68,74-75H,7-9,12,15-18,21,24-27,32-33,37,40-41,43-45,47,49-53,55-56,58-64,66-67,69-73H2,1-6H3,(H-,78,80,82,83)/p+1/b13-10-,14-11-,22-19-,23-20-,30-28-,31-29-,36-34-,39-38-,42-35-,48-46-,57-54-,68-65-. The normalized spacial score (nSPS) is 14.4. The lowest BCUT2D eigenvalue weighted by Crippen LogP contribution is -2.47. The van der Waals surface area contributed by atoms with Gasteiger partial charge in [0.15, 0.2) is 0 Å². The molecule has 0 heterocycles.